The van der Waals surface area contributed by atoms with Crippen molar-refractivity contribution in [3.63, 3.8) is 0 Å². The third-order valence-corrected chi connectivity index (χ3v) is 4.99. The van der Waals surface area contributed by atoms with E-state index in [1.807, 2.05) is 0 Å². The summed E-state index contributed by atoms with van der Waals surface area (Å²) in [5.74, 6) is 0.250. The molecule has 3 atom stereocenters. The Morgan fingerprint density at radius 1 is 1.32 bits per heavy atom. The van der Waals surface area contributed by atoms with E-state index in [4.69, 9.17) is 15.4 Å². The fourth-order valence-corrected chi connectivity index (χ4v) is 3.78. The largest absolute Gasteiger partial charge is 0.444 e. The summed E-state index contributed by atoms with van der Waals surface area (Å²) in [4.78, 5) is 11.7. The summed E-state index contributed by atoms with van der Waals surface area (Å²) in [7, 11) is 1.68. The van der Waals surface area contributed by atoms with Gasteiger partial charge in [0.1, 0.15) is 5.60 Å². The van der Waals surface area contributed by atoms with E-state index in [1.54, 1.807) is 20.8 Å². The summed E-state index contributed by atoms with van der Waals surface area (Å²) >= 11 is 0. The maximum Gasteiger partial charge on any atom is 0.407 e. The van der Waals surface area contributed by atoms with Crippen LogP contribution in [0.1, 0.15) is 27.2 Å². The highest BCUT2D eigenvalue weighted by Gasteiger charge is 2.50. The Kier molecular flexibility index (Phi) is 3.75. The van der Waals surface area contributed by atoms with Gasteiger partial charge in [0.2, 0.25) is 0 Å². The van der Waals surface area contributed by atoms with Crippen LogP contribution in [0.2, 0.25) is 0 Å². The van der Waals surface area contributed by atoms with Gasteiger partial charge in [0.25, 0.3) is 9.24 Å². The molecule has 2 bridgehead atoms. The molecule has 2 heterocycles. The molecule has 3 fully saturated rings. The normalized spacial score (nSPS) is 31.5. The van der Waals surface area contributed by atoms with Crippen molar-refractivity contribution in [1.82, 2.24) is 9.62 Å². The fourth-order valence-electron chi connectivity index (χ4n) is 2.70. The maximum absolute atomic E-state index is 11.7. The van der Waals surface area contributed by atoms with E-state index in [0.29, 0.717) is 13.1 Å². The first-order valence-electron chi connectivity index (χ1n) is 6.25. The molecule has 1 saturated carbocycles. The van der Waals surface area contributed by atoms with E-state index in [9.17, 15) is 13.2 Å². The predicted octanol–water partition coefficient (Wildman–Crippen LogP) is 1.32. The van der Waals surface area contributed by atoms with Crippen LogP contribution in [0.3, 0.4) is 0 Å². The molecule has 8 heteroatoms. The molecular weight excluding hydrogens is 292 g/mol. The van der Waals surface area contributed by atoms with Gasteiger partial charge in [-0.3, -0.25) is 0 Å². The zero-order valence-electron chi connectivity index (χ0n) is 11.2. The number of halogens is 1. The van der Waals surface area contributed by atoms with Crippen LogP contribution in [-0.4, -0.2) is 43.5 Å². The highest BCUT2D eigenvalue weighted by molar-refractivity contribution is 8.11. The molecule has 0 radical (unpaired) electrons. The molecule has 0 aromatic heterocycles. The Morgan fingerprint density at radius 3 is 2.26 bits per heavy atom. The number of alkyl carbamates (subject to hydrolysis) is 1. The molecule has 3 rings (SSSR count). The number of carbonyl (C=O) groups excluding carboxylic acids is 1. The lowest BCUT2D eigenvalue weighted by Gasteiger charge is -2.52. The Balaban J connectivity index is 1.89. The average Bonchev–Trinajstić information content (AvgIpc) is 2.22. The van der Waals surface area contributed by atoms with Gasteiger partial charge in [-0.25, -0.2) is 4.79 Å². The van der Waals surface area contributed by atoms with E-state index >= 15 is 0 Å². The van der Waals surface area contributed by atoms with Crippen LogP contribution < -0.4 is 5.32 Å². The average molecular weight is 311 g/mol. The number of fused-ring (bicyclic) bond motifs is 2. The number of rotatable bonds is 2. The van der Waals surface area contributed by atoms with Crippen molar-refractivity contribution < 1.29 is 17.9 Å². The molecule has 2 aliphatic heterocycles. The van der Waals surface area contributed by atoms with Gasteiger partial charge in [-0.1, -0.05) is 0 Å². The monoisotopic (exact) mass is 310 g/mol. The lowest BCUT2D eigenvalue weighted by Crippen LogP contribution is -2.65. The predicted molar refractivity (Wildman–Crippen MR) is 71.1 cm³/mol. The lowest BCUT2D eigenvalue weighted by molar-refractivity contribution is 0.00503. The van der Waals surface area contributed by atoms with E-state index in [0.717, 1.165) is 6.42 Å². The van der Waals surface area contributed by atoms with Gasteiger partial charge < -0.3 is 10.1 Å². The van der Waals surface area contributed by atoms with Crippen LogP contribution in [0.15, 0.2) is 0 Å². The molecule has 0 aromatic rings. The molecule has 1 N–H and O–H groups in total. The van der Waals surface area contributed by atoms with Gasteiger partial charge in [0.05, 0.1) is 0 Å². The molecule has 1 amide bonds. The molecule has 6 nitrogen and oxygen atoms in total. The number of nitrogens with zero attached hydrogens (tertiary/aromatic N) is 1. The van der Waals surface area contributed by atoms with E-state index in [-0.39, 0.29) is 17.9 Å². The van der Waals surface area contributed by atoms with Crippen molar-refractivity contribution >= 4 is 26.0 Å². The minimum absolute atomic E-state index is 0.00971. The number of nitrogens with one attached hydrogen (secondary N) is 1. The maximum atomic E-state index is 11.7. The highest BCUT2D eigenvalue weighted by Crippen LogP contribution is 2.41. The number of carbonyl (C=O) groups is 1. The van der Waals surface area contributed by atoms with Crippen molar-refractivity contribution in [3.05, 3.63) is 0 Å². The van der Waals surface area contributed by atoms with Crippen LogP contribution in [0, 0.1) is 11.8 Å². The van der Waals surface area contributed by atoms with Crippen molar-refractivity contribution in [2.24, 2.45) is 11.8 Å². The van der Waals surface area contributed by atoms with Crippen LogP contribution in [0.5, 0.6) is 0 Å². The number of hydrogen-bond donors (Lipinski definition) is 1. The number of piperidine rings is 2. The second-order valence-corrected chi connectivity index (χ2v) is 8.70. The van der Waals surface area contributed by atoms with Crippen LogP contribution >= 0.6 is 10.7 Å². The molecule has 0 aromatic carbocycles. The van der Waals surface area contributed by atoms with E-state index in [1.165, 1.54) is 4.31 Å². The smallest absolute Gasteiger partial charge is 0.407 e. The quantitative estimate of drug-likeness (QED) is 0.780. The van der Waals surface area contributed by atoms with Gasteiger partial charge >= 0.3 is 6.09 Å². The molecule has 1 unspecified atom stereocenters. The molecular formula is C11H19ClN2O4S. The molecule has 3 aliphatic rings. The van der Waals surface area contributed by atoms with Gasteiger partial charge in [-0.15, -0.1) is 0 Å². The molecule has 0 spiro atoms. The van der Waals surface area contributed by atoms with Crippen LogP contribution in [0.4, 0.5) is 4.79 Å². The standard InChI is InChI=1S/C11H19ClN2O4S/c1-11(2,3)18-10(15)13-9-7-4-8(9)6-14(5-7)19(12,16)17/h7-9H,4-6H2,1-3H3,(H,13,15)/t7-,8+,9?. The second-order valence-electron chi connectivity index (χ2n) is 6.19. The minimum Gasteiger partial charge on any atom is -0.444 e. The van der Waals surface area contributed by atoms with Gasteiger partial charge in [0.15, 0.2) is 0 Å². The first-order valence-corrected chi connectivity index (χ1v) is 8.52. The summed E-state index contributed by atoms with van der Waals surface area (Å²) in [6, 6.07) is -0.00971. The van der Waals surface area contributed by atoms with Crippen LogP contribution in [0.25, 0.3) is 0 Å². The fraction of sp³-hybridized carbons (Fsp3) is 0.909. The summed E-state index contributed by atoms with van der Waals surface area (Å²) in [6.45, 7) is 6.13. The number of ether oxygens (including phenoxy) is 1. The van der Waals surface area contributed by atoms with E-state index in [2.05, 4.69) is 5.32 Å². The summed E-state index contributed by atoms with van der Waals surface area (Å²) in [6.07, 6.45) is 0.470. The zero-order valence-corrected chi connectivity index (χ0v) is 12.8. The molecule has 1 aliphatic carbocycles. The third-order valence-electron chi connectivity index (χ3n) is 3.49. The van der Waals surface area contributed by atoms with Crippen molar-refractivity contribution in [2.75, 3.05) is 13.1 Å². The van der Waals surface area contributed by atoms with Gasteiger partial charge in [-0.2, -0.15) is 12.7 Å². The van der Waals surface area contributed by atoms with Crippen molar-refractivity contribution in [2.45, 2.75) is 38.8 Å². The Morgan fingerprint density at radius 2 is 1.84 bits per heavy atom. The lowest BCUT2D eigenvalue weighted by atomic mass is 9.67. The first-order chi connectivity index (χ1) is 8.56. The minimum atomic E-state index is -3.65. The highest BCUT2D eigenvalue weighted by atomic mass is 35.7. The molecule has 2 saturated heterocycles. The molecule has 19 heavy (non-hydrogen) atoms. The Hall–Kier alpha value is -0.530. The topological polar surface area (TPSA) is 75.7 Å². The van der Waals surface area contributed by atoms with Crippen molar-refractivity contribution in [3.8, 4) is 0 Å². The van der Waals surface area contributed by atoms with Crippen molar-refractivity contribution in [1.29, 1.82) is 0 Å². The Bertz CT molecular complexity index is 462. The summed E-state index contributed by atoms with van der Waals surface area (Å²) < 4.78 is 29.0. The first kappa shape index (κ1) is 14.9. The number of hydrogen-bond acceptors (Lipinski definition) is 4. The SMILES string of the molecule is CC(C)(C)OC(=O)NC1[C@@H]2C[C@H]1CN(S(=O)(=O)Cl)C2. The van der Waals surface area contributed by atoms with Crippen LogP contribution in [-0.2, 0) is 14.0 Å². The molecule has 110 valence electrons. The zero-order chi connectivity index (χ0) is 14.4. The Labute approximate surface area is 118 Å². The number of amides is 1. The summed E-state index contributed by atoms with van der Waals surface area (Å²) in [5, 5.41) is 2.82. The third kappa shape index (κ3) is 3.52. The van der Waals surface area contributed by atoms with E-state index < -0.39 is 20.9 Å². The van der Waals surface area contributed by atoms with Gasteiger partial charge in [-0.05, 0) is 39.0 Å². The van der Waals surface area contributed by atoms with Gasteiger partial charge in [0, 0.05) is 29.8 Å². The summed E-state index contributed by atoms with van der Waals surface area (Å²) in [5.41, 5.74) is -0.533. The second kappa shape index (κ2) is 4.79.